The van der Waals surface area contributed by atoms with Crippen LogP contribution in [0.2, 0.25) is 5.02 Å². The number of nitrogens with two attached hydrogens (primary N) is 1. The molecule has 33 heavy (non-hydrogen) atoms. The van der Waals surface area contributed by atoms with Gasteiger partial charge in [0, 0.05) is 45.6 Å². The molecule has 0 bridgehead atoms. The summed E-state index contributed by atoms with van der Waals surface area (Å²) >= 11 is 6.33. The van der Waals surface area contributed by atoms with Crippen LogP contribution in [0.5, 0.6) is 0 Å². The maximum Gasteiger partial charge on any atom is 0.240 e. The summed E-state index contributed by atoms with van der Waals surface area (Å²) in [6.45, 7) is 5.53. The lowest BCUT2D eigenvalue weighted by Gasteiger charge is -2.36. The molecule has 4 rings (SSSR count). The summed E-state index contributed by atoms with van der Waals surface area (Å²) in [7, 11) is 0. The van der Waals surface area contributed by atoms with Gasteiger partial charge in [-0.1, -0.05) is 54.4 Å². The second kappa shape index (κ2) is 11.0. The van der Waals surface area contributed by atoms with Crippen molar-refractivity contribution >= 4 is 29.1 Å². The quantitative estimate of drug-likeness (QED) is 0.602. The van der Waals surface area contributed by atoms with Crippen molar-refractivity contribution < 1.29 is 9.59 Å². The first-order valence-corrected chi connectivity index (χ1v) is 12.3. The van der Waals surface area contributed by atoms with Crippen molar-refractivity contribution in [2.24, 2.45) is 5.73 Å². The van der Waals surface area contributed by atoms with E-state index in [1.54, 1.807) is 4.90 Å². The molecule has 2 aromatic carbocycles. The zero-order chi connectivity index (χ0) is 23.2. The predicted octanol–water partition coefficient (Wildman–Crippen LogP) is 3.46. The Balaban J connectivity index is 1.17. The van der Waals surface area contributed by atoms with E-state index in [1.807, 2.05) is 42.5 Å². The number of rotatable bonds is 8. The lowest BCUT2D eigenvalue weighted by molar-refractivity contribution is -0.140. The standard InChI is InChI=1S/C26H33ClN4O2/c27-22-10-5-6-11-23(22)30-16-14-29(15-17-30)13-7-1-2-12-25(32)31-19-21-9-4-3-8-20(21)18-24(31)26(28)33/h3-6,8-11,24H,1-2,7,12-19H2,(H2,28,33)/t24-/m0/s1. The lowest BCUT2D eigenvalue weighted by Crippen LogP contribution is -2.51. The second-order valence-electron chi connectivity index (χ2n) is 9.00. The highest BCUT2D eigenvalue weighted by atomic mass is 35.5. The van der Waals surface area contributed by atoms with Crippen molar-refractivity contribution in [2.45, 2.75) is 44.7 Å². The predicted molar refractivity (Wildman–Crippen MR) is 132 cm³/mol. The fourth-order valence-corrected chi connectivity index (χ4v) is 5.15. The van der Waals surface area contributed by atoms with Gasteiger partial charge in [-0.2, -0.15) is 0 Å². The maximum absolute atomic E-state index is 12.9. The number of fused-ring (bicyclic) bond motifs is 1. The number of halogens is 1. The van der Waals surface area contributed by atoms with Gasteiger partial charge in [0.05, 0.1) is 10.7 Å². The van der Waals surface area contributed by atoms with Gasteiger partial charge in [0.15, 0.2) is 0 Å². The first kappa shape index (κ1) is 23.6. The van der Waals surface area contributed by atoms with Crippen molar-refractivity contribution in [2.75, 3.05) is 37.6 Å². The summed E-state index contributed by atoms with van der Waals surface area (Å²) in [5.74, 6) is -0.393. The van der Waals surface area contributed by atoms with E-state index in [9.17, 15) is 9.59 Å². The Bertz CT molecular complexity index is 974. The van der Waals surface area contributed by atoms with Gasteiger partial charge in [-0.15, -0.1) is 0 Å². The van der Waals surface area contributed by atoms with E-state index >= 15 is 0 Å². The monoisotopic (exact) mass is 468 g/mol. The number of amides is 2. The lowest BCUT2D eigenvalue weighted by atomic mass is 9.93. The summed E-state index contributed by atoms with van der Waals surface area (Å²) in [5, 5.41) is 0.811. The minimum absolute atomic E-state index is 0.0293. The fraction of sp³-hybridized carbons (Fsp3) is 0.462. The van der Waals surface area contributed by atoms with Crippen molar-refractivity contribution in [3.8, 4) is 0 Å². The summed E-state index contributed by atoms with van der Waals surface area (Å²) in [4.78, 5) is 31.4. The number of hydrogen-bond donors (Lipinski definition) is 1. The van der Waals surface area contributed by atoms with Gasteiger partial charge in [0.25, 0.3) is 0 Å². The van der Waals surface area contributed by atoms with Crippen LogP contribution in [0.3, 0.4) is 0 Å². The molecule has 0 aromatic heterocycles. The average molecular weight is 469 g/mol. The van der Waals surface area contributed by atoms with Crippen molar-refractivity contribution in [3.05, 3.63) is 64.7 Å². The van der Waals surface area contributed by atoms with Gasteiger partial charge < -0.3 is 15.5 Å². The molecule has 6 nitrogen and oxygen atoms in total. The number of piperazine rings is 1. The van der Waals surface area contributed by atoms with Crippen molar-refractivity contribution in [1.82, 2.24) is 9.80 Å². The van der Waals surface area contributed by atoms with Gasteiger partial charge in [-0.05, 0) is 42.6 Å². The van der Waals surface area contributed by atoms with Gasteiger partial charge in [0.2, 0.25) is 11.8 Å². The molecular formula is C26H33ClN4O2. The number of primary amides is 1. The number of hydrogen-bond acceptors (Lipinski definition) is 4. The van der Waals surface area contributed by atoms with E-state index in [2.05, 4.69) is 15.9 Å². The molecule has 0 aliphatic carbocycles. The Morgan fingerprint density at radius 3 is 2.33 bits per heavy atom. The molecule has 1 saturated heterocycles. The minimum Gasteiger partial charge on any atom is -0.368 e. The van der Waals surface area contributed by atoms with Gasteiger partial charge >= 0.3 is 0 Å². The molecule has 1 atom stereocenters. The van der Waals surface area contributed by atoms with Crippen LogP contribution in [-0.4, -0.2) is 60.4 Å². The first-order valence-electron chi connectivity index (χ1n) is 11.9. The van der Waals surface area contributed by atoms with Gasteiger partial charge in [-0.25, -0.2) is 0 Å². The molecule has 2 aliphatic heterocycles. The zero-order valence-corrected chi connectivity index (χ0v) is 19.8. The molecule has 2 heterocycles. The molecule has 0 radical (unpaired) electrons. The smallest absolute Gasteiger partial charge is 0.240 e. The molecule has 0 unspecified atom stereocenters. The molecule has 2 aromatic rings. The average Bonchev–Trinajstić information content (AvgIpc) is 2.83. The second-order valence-corrected chi connectivity index (χ2v) is 9.41. The number of anilines is 1. The van der Waals surface area contributed by atoms with E-state index in [4.69, 9.17) is 17.3 Å². The summed E-state index contributed by atoms with van der Waals surface area (Å²) in [6, 6.07) is 15.5. The van der Waals surface area contributed by atoms with Gasteiger partial charge in [-0.3, -0.25) is 14.5 Å². The van der Waals surface area contributed by atoms with Crippen LogP contribution in [0.25, 0.3) is 0 Å². The van der Waals surface area contributed by atoms with Crippen LogP contribution in [0, 0.1) is 0 Å². The molecule has 1 fully saturated rings. The third-order valence-corrected chi connectivity index (χ3v) is 7.15. The highest BCUT2D eigenvalue weighted by Crippen LogP contribution is 2.26. The van der Waals surface area contributed by atoms with E-state index in [0.29, 0.717) is 19.4 Å². The topological polar surface area (TPSA) is 69.9 Å². The van der Waals surface area contributed by atoms with E-state index in [1.165, 1.54) is 0 Å². The molecular weight excluding hydrogens is 436 g/mol. The van der Waals surface area contributed by atoms with E-state index < -0.39 is 11.9 Å². The largest absolute Gasteiger partial charge is 0.368 e. The molecule has 0 spiro atoms. The molecule has 2 N–H and O–H groups in total. The summed E-state index contributed by atoms with van der Waals surface area (Å²) in [5.41, 5.74) is 8.96. The number of carbonyl (C=O) groups excluding carboxylic acids is 2. The SMILES string of the molecule is NC(=O)[C@@H]1Cc2ccccc2CN1C(=O)CCCCCN1CCN(c2ccccc2Cl)CC1. The third kappa shape index (κ3) is 5.87. The number of para-hydroxylation sites is 1. The first-order chi connectivity index (χ1) is 16.0. The number of nitrogens with zero attached hydrogens (tertiary/aromatic N) is 3. The molecule has 2 aliphatic rings. The van der Waals surface area contributed by atoms with Crippen LogP contribution in [0.15, 0.2) is 48.5 Å². The number of benzene rings is 2. The molecule has 7 heteroatoms. The molecule has 176 valence electrons. The Morgan fingerprint density at radius 1 is 0.909 bits per heavy atom. The molecule has 0 saturated carbocycles. The van der Waals surface area contributed by atoms with Crippen LogP contribution < -0.4 is 10.6 Å². The Labute approximate surface area is 201 Å². The van der Waals surface area contributed by atoms with E-state index in [0.717, 1.165) is 73.8 Å². The Hall–Kier alpha value is -2.57. The summed E-state index contributed by atoms with van der Waals surface area (Å²) in [6.07, 6.45) is 3.88. The van der Waals surface area contributed by atoms with Crippen molar-refractivity contribution in [3.63, 3.8) is 0 Å². The van der Waals surface area contributed by atoms with Crippen LogP contribution in [0.4, 0.5) is 5.69 Å². The normalized spacial score (nSPS) is 18.8. The zero-order valence-electron chi connectivity index (χ0n) is 19.1. The number of unbranched alkanes of at least 4 members (excludes halogenated alkanes) is 2. The van der Waals surface area contributed by atoms with Gasteiger partial charge in [0.1, 0.15) is 6.04 Å². The highest BCUT2D eigenvalue weighted by Gasteiger charge is 2.32. The van der Waals surface area contributed by atoms with Crippen LogP contribution in [0.1, 0.15) is 36.8 Å². The minimum atomic E-state index is -0.540. The Morgan fingerprint density at radius 2 is 1.61 bits per heavy atom. The van der Waals surface area contributed by atoms with Crippen LogP contribution >= 0.6 is 11.6 Å². The number of carbonyl (C=O) groups is 2. The molecule has 2 amide bonds. The van der Waals surface area contributed by atoms with E-state index in [-0.39, 0.29) is 5.91 Å². The third-order valence-electron chi connectivity index (χ3n) is 6.83. The van der Waals surface area contributed by atoms with Crippen molar-refractivity contribution in [1.29, 1.82) is 0 Å². The maximum atomic E-state index is 12.9. The highest BCUT2D eigenvalue weighted by molar-refractivity contribution is 6.33. The fourth-order valence-electron chi connectivity index (χ4n) is 4.89. The summed E-state index contributed by atoms with van der Waals surface area (Å²) < 4.78 is 0. The Kier molecular flexibility index (Phi) is 7.89. The van der Waals surface area contributed by atoms with Crippen LogP contribution in [-0.2, 0) is 22.6 Å².